The zero-order valence-electron chi connectivity index (χ0n) is 8.14. The van der Waals surface area contributed by atoms with E-state index in [1.807, 2.05) is 6.92 Å². The van der Waals surface area contributed by atoms with Gasteiger partial charge in [0.15, 0.2) is 0 Å². The molecule has 15 heavy (non-hydrogen) atoms. The van der Waals surface area contributed by atoms with E-state index >= 15 is 0 Å². The number of hydrogen-bond donors (Lipinski definition) is 2. The predicted octanol–water partition coefficient (Wildman–Crippen LogP) is 2.05. The first-order valence-electron chi connectivity index (χ1n) is 4.35. The number of thiol groups is 1. The molecule has 0 aliphatic rings. The van der Waals surface area contributed by atoms with Crippen molar-refractivity contribution in [3.8, 4) is 0 Å². The summed E-state index contributed by atoms with van der Waals surface area (Å²) in [6.45, 7) is 2.15. The van der Waals surface area contributed by atoms with Crippen LogP contribution >= 0.6 is 28.6 Å². The van der Waals surface area contributed by atoms with Crippen molar-refractivity contribution in [1.82, 2.24) is 4.72 Å². The van der Waals surface area contributed by atoms with Gasteiger partial charge in [0.25, 0.3) is 0 Å². The molecule has 0 aliphatic heterocycles. The Labute approximate surface area is 104 Å². The third-order valence-electron chi connectivity index (χ3n) is 1.69. The summed E-state index contributed by atoms with van der Waals surface area (Å²) in [5.41, 5.74) is 0. The van der Waals surface area contributed by atoms with E-state index in [-0.39, 0.29) is 10.1 Å². The van der Waals surface area contributed by atoms with E-state index in [0.717, 1.165) is 4.47 Å². The average Bonchev–Trinajstić information content (AvgIpc) is 2.16. The van der Waals surface area contributed by atoms with E-state index in [1.165, 1.54) is 0 Å². The molecule has 0 aliphatic carbocycles. The summed E-state index contributed by atoms with van der Waals surface area (Å²) in [5.74, 6) is 0. The summed E-state index contributed by atoms with van der Waals surface area (Å²) in [6, 6.07) is 6.49. The largest absolute Gasteiger partial charge is 0.240 e. The number of rotatable bonds is 4. The van der Waals surface area contributed by atoms with Gasteiger partial charge in [-0.1, -0.05) is 22.9 Å². The summed E-state index contributed by atoms with van der Waals surface area (Å²) < 4.78 is 26.7. The van der Waals surface area contributed by atoms with Crippen molar-refractivity contribution in [2.24, 2.45) is 0 Å². The van der Waals surface area contributed by atoms with Crippen LogP contribution < -0.4 is 4.72 Å². The predicted molar refractivity (Wildman–Crippen MR) is 67.8 cm³/mol. The van der Waals surface area contributed by atoms with E-state index in [9.17, 15) is 8.42 Å². The molecule has 1 unspecified atom stereocenters. The molecule has 0 amide bonds. The molecular weight excluding hydrogens is 298 g/mol. The molecule has 84 valence electrons. The van der Waals surface area contributed by atoms with Gasteiger partial charge in [0.2, 0.25) is 10.0 Å². The first-order chi connectivity index (χ1) is 6.92. The van der Waals surface area contributed by atoms with Gasteiger partial charge in [-0.25, -0.2) is 13.1 Å². The quantitative estimate of drug-likeness (QED) is 0.836. The first kappa shape index (κ1) is 13.0. The highest BCUT2D eigenvalue weighted by Gasteiger charge is 2.13. The summed E-state index contributed by atoms with van der Waals surface area (Å²) in [4.78, 5) is 0.264. The van der Waals surface area contributed by atoms with Crippen LogP contribution in [0.2, 0.25) is 0 Å². The van der Waals surface area contributed by atoms with Gasteiger partial charge >= 0.3 is 0 Å². The van der Waals surface area contributed by atoms with Gasteiger partial charge in [-0.3, -0.25) is 0 Å². The number of nitrogens with one attached hydrogen (secondary N) is 1. The first-order valence-corrected chi connectivity index (χ1v) is 7.14. The van der Waals surface area contributed by atoms with Crippen molar-refractivity contribution >= 4 is 38.6 Å². The molecule has 1 aromatic carbocycles. The molecule has 1 atom stereocenters. The Balaban J connectivity index is 2.82. The fourth-order valence-electron chi connectivity index (χ4n) is 0.927. The van der Waals surface area contributed by atoms with Crippen LogP contribution in [0.5, 0.6) is 0 Å². The number of halogens is 1. The van der Waals surface area contributed by atoms with Crippen LogP contribution in [-0.2, 0) is 10.0 Å². The Hall–Kier alpha value is -0.0400. The molecule has 1 aromatic rings. The van der Waals surface area contributed by atoms with E-state index in [1.54, 1.807) is 24.3 Å². The molecule has 0 heterocycles. The molecule has 0 fully saturated rings. The maximum atomic E-state index is 11.7. The molecule has 1 N–H and O–H groups in total. The SMILES string of the molecule is CC(S)CNS(=O)(=O)c1ccc(Br)cc1. The average molecular weight is 310 g/mol. The zero-order chi connectivity index (χ0) is 11.5. The number of hydrogen-bond acceptors (Lipinski definition) is 3. The molecule has 0 saturated carbocycles. The maximum Gasteiger partial charge on any atom is 0.240 e. The van der Waals surface area contributed by atoms with Crippen LogP contribution in [-0.4, -0.2) is 20.2 Å². The Morgan fingerprint density at radius 3 is 2.40 bits per heavy atom. The highest BCUT2D eigenvalue weighted by atomic mass is 79.9. The van der Waals surface area contributed by atoms with Gasteiger partial charge < -0.3 is 0 Å². The molecular formula is C9H12BrNO2S2. The van der Waals surface area contributed by atoms with Crippen molar-refractivity contribution < 1.29 is 8.42 Å². The molecule has 0 radical (unpaired) electrons. The minimum absolute atomic E-state index is 0.00442. The van der Waals surface area contributed by atoms with E-state index in [0.29, 0.717) is 6.54 Å². The van der Waals surface area contributed by atoms with Crippen LogP contribution in [0.4, 0.5) is 0 Å². The van der Waals surface area contributed by atoms with Crippen molar-refractivity contribution in [2.45, 2.75) is 17.1 Å². The van der Waals surface area contributed by atoms with Crippen LogP contribution in [0, 0.1) is 0 Å². The molecule has 3 nitrogen and oxygen atoms in total. The summed E-state index contributed by atoms with van der Waals surface area (Å²) >= 11 is 7.35. The Morgan fingerprint density at radius 1 is 1.40 bits per heavy atom. The van der Waals surface area contributed by atoms with Gasteiger partial charge in [0, 0.05) is 16.3 Å². The van der Waals surface area contributed by atoms with Crippen LogP contribution in [0.3, 0.4) is 0 Å². The van der Waals surface area contributed by atoms with Gasteiger partial charge in [-0.15, -0.1) is 0 Å². The number of benzene rings is 1. The molecule has 0 saturated heterocycles. The molecule has 6 heteroatoms. The molecule has 0 spiro atoms. The van der Waals surface area contributed by atoms with E-state index < -0.39 is 10.0 Å². The lowest BCUT2D eigenvalue weighted by molar-refractivity contribution is 0.581. The normalized spacial score (nSPS) is 13.8. The maximum absolute atomic E-state index is 11.7. The third-order valence-corrected chi connectivity index (χ3v) is 3.84. The van der Waals surface area contributed by atoms with Gasteiger partial charge in [0.05, 0.1) is 4.90 Å². The second-order valence-corrected chi connectivity index (χ2v) is 6.72. The van der Waals surface area contributed by atoms with Crippen molar-refractivity contribution in [3.05, 3.63) is 28.7 Å². The van der Waals surface area contributed by atoms with Gasteiger partial charge in [-0.2, -0.15) is 12.6 Å². The van der Waals surface area contributed by atoms with Crippen molar-refractivity contribution in [1.29, 1.82) is 0 Å². The minimum atomic E-state index is -3.39. The molecule has 0 aromatic heterocycles. The van der Waals surface area contributed by atoms with Crippen molar-refractivity contribution in [3.63, 3.8) is 0 Å². The smallest absolute Gasteiger partial charge is 0.210 e. The second-order valence-electron chi connectivity index (χ2n) is 3.15. The fraction of sp³-hybridized carbons (Fsp3) is 0.333. The van der Waals surface area contributed by atoms with Crippen LogP contribution in [0.15, 0.2) is 33.6 Å². The topological polar surface area (TPSA) is 46.2 Å². The lowest BCUT2D eigenvalue weighted by Crippen LogP contribution is -2.28. The van der Waals surface area contributed by atoms with Crippen LogP contribution in [0.1, 0.15) is 6.92 Å². The summed E-state index contributed by atoms with van der Waals surface area (Å²) in [6.07, 6.45) is 0. The Morgan fingerprint density at radius 2 is 1.93 bits per heavy atom. The van der Waals surface area contributed by atoms with Crippen LogP contribution in [0.25, 0.3) is 0 Å². The lowest BCUT2D eigenvalue weighted by atomic mass is 10.4. The second kappa shape index (κ2) is 5.34. The zero-order valence-corrected chi connectivity index (χ0v) is 11.4. The monoisotopic (exact) mass is 309 g/mol. The lowest BCUT2D eigenvalue weighted by Gasteiger charge is -2.08. The summed E-state index contributed by atoms with van der Waals surface area (Å²) in [7, 11) is -3.39. The van der Waals surface area contributed by atoms with Gasteiger partial charge in [0.1, 0.15) is 0 Å². The standard InChI is InChI=1S/C9H12BrNO2S2/c1-7(14)6-11-15(12,13)9-4-2-8(10)3-5-9/h2-5,7,11,14H,6H2,1H3. The Kier molecular flexibility index (Phi) is 4.64. The summed E-state index contributed by atoms with van der Waals surface area (Å²) in [5, 5.41) is -0.00442. The molecule has 0 bridgehead atoms. The van der Waals surface area contributed by atoms with E-state index in [4.69, 9.17) is 0 Å². The third kappa shape index (κ3) is 4.14. The highest BCUT2D eigenvalue weighted by Crippen LogP contribution is 2.14. The van der Waals surface area contributed by atoms with E-state index in [2.05, 4.69) is 33.3 Å². The molecule has 1 rings (SSSR count). The number of sulfonamides is 1. The Bertz CT molecular complexity index is 414. The van der Waals surface area contributed by atoms with Gasteiger partial charge in [-0.05, 0) is 24.3 Å². The fourth-order valence-corrected chi connectivity index (χ4v) is 2.54. The highest BCUT2D eigenvalue weighted by molar-refractivity contribution is 9.10. The minimum Gasteiger partial charge on any atom is -0.210 e. The van der Waals surface area contributed by atoms with Crippen molar-refractivity contribution in [2.75, 3.05) is 6.54 Å².